The van der Waals surface area contributed by atoms with E-state index in [-0.39, 0.29) is 12.1 Å². The highest BCUT2D eigenvalue weighted by molar-refractivity contribution is 6.30. The number of benzene rings is 2. The Hall–Kier alpha value is -2.20. The van der Waals surface area contributed by atoms with Crippen molar-refractivity contribution >= 4 is 23.3 Å². The second-order valence-corrected chi connectivity index (χ2v) is 7.19. The lowest BCUT2D eigenvalue weighted by Crippen LogP contribution is -2.38. The summed E-state index contributed by atoms with van der Waals surface area (Å²) in [6, 6.07) is 15.8. The Morgan fingerprint density at radius 3 is 2.32 bits per heavy atom. The Morgan fingerprint density at radius 1 is 1.12 bits per heavy atom. The number of nitrogens with one attached hydrogen (secondary N) is 2. The Bertz CT molecular complexity index is 709. The molecule has 0 aliphatic heterocycles. The van der Waals surface area contributed by atoms with Gasteiger partial charge in [-0.3, -0.25) is 0 Å². The van der Waals surface area contributed by atoms with E-state index in [4.69, 9.17) is 11.6 Å². The lowest BCUT2D eigenvalue weighted by molar-refractivity contribution is 0.235. The molecule has 0 radical (unpaired) electrons. The van der Waals surface area contributed by atoms with Crippen LogP contribution in [0.15, 0.2) is 48.5 Å². The van der Waals surface area contributed by atoms with Crippen molar-refractivity contribution < 1.29 is 4.79 Å². The normalized spacial score (nSPS) is 14.7. The van der Waals surface area contributed by atoms with Crippen LogP contribution in [0.25, 0.3) is 0 Å². The molecular formula is C20H24ClN3O. The van der Waals surface area contributed by atoms with E-state index in [2.05, 4.69) is 27.7 Å². The zero-order valence-corrected chi connectivity index (χ0v) is 15.4. The highest BCUT2D eigenvalue weighted by Gasteiger charge is 2.33. The van der Waals surface area contributed by atoms with Crippen LogP contribution in [0.1, 0.15) is 30.0 Å². The first-order chi connectivity index (χ1) is 12.0. The third-order valence-electron chi connectivity index (χ3n) is 4.51. The zero-order valence-electron chi connectivity index (χ0n) is 14.6. The Labute approximate surface area is 154 Å². The van der Waals surface area contributed by atoms with Crippen LogP contribution in [-0.2, 0) is 6.54 Å². The summed E-state index contributed by atoms with van der Waals surface area (Å²) < 4.78 is 0. The van der Waals surface area contributed by atoms with Crippen LogP contribution in [-0.4, -0.2) is 20.1 Å². The standard InChI is InChI=1S/C20H24ClN3O/c1-24(2)18-11-3-14(4-12-18)13-22-20(25)23-19(15-5-6-15)16-7-9-17(21)10-8-16/h3-4,7-12,15,19H,5-6,13H2,1-2H3,(H2,22,23,25). The van der Waals surface area contributed by atoms with E-state index < -0.39 is 0 Å². The molecule has 1 atom stereocenters. The molecule has 1 aliphatic rings. The summed E-state index contributed by atoms with van der Waals surface area (Å²) in [4.78, 5) is 14.4. The van der Waals surface area contributed by atoms with Crippen molar-refractivity contribution in [2.24, 2.45) is 5.92 Å². The first kappa shape index (κ1) is 17.6. The molecule has 1 fully saturated rings. The first-order valence-corrected chi connectivity index (χ1v) is 8.97. The molecule has 2 amide bonds. The van der Waals surface area contributed by atoms with E-state index >= 15 is 0 Å². The van der Waals surface area contributed by atoms with Crippen molar-refractivity contribution in [2.75, 3.05) is 19.0 Å². The second kappa shape index (κ2) is 7.79. The van der Waals surface area contributed by atoms with E-state index in [9.17, 15) is 4.79 Å². The fourth-order valence-corrected chi connectivity index (χ4v) is 2.99. The SMILES string of the molecule is CN(C)c1ccc(CNC(=O)NC(c2ccc(Cl)cc2)C2CC2)cc1. The fourth-order valence-electron chi connectivity index (χ4n) is 2.86. The minimum atomic E-state index is -0.136. The number of hydrogen-bond donors (Lipinski definition) is 2. The highest BCUT2D eigenvalue weighted by atomic mass is 35.5. The van der Waals surface area contributed by atoms with Crippen LogP contribution in [0.5, 0.6) is 0 Å². The Kier molecular flexibility index (Phi) is 5.49. The summed E-state index contributed by atoms with van der Waals surface area (Å²) in [5.41, 5.74) is 3.33. The van der Waals surface area contributed by atoms with Gasteiger partial charge in [0.25, 0.3) is 0 Å². The predicted molar refractivity (Wildman–Crippen MR) is 103 cm³/mol. The Morgan fingerprint density at radius 2 is 1.76 bits per heavy atom. The third-order valence-corrected chi connectivity index (χ3v) is 4.77. The van der Waals surface area contributed by atoms with E-state index in [1.54, 1.807) is 0 Å². The van der Waals surface area contributed by atoms with Gasteiger partial charge in [0.15, 0.2) is 0 Å². The number of carbonyl (C=O) groups is 1. The summed E-state index contributed by atoms with van der Waals surface area (Å²) >= 11 is 5.96. The van der Waals surface area contributed by atoms with E-state index in [0.29, 0.717) is 17.5 Å². The molecule has 1 aliphatic carbocycles. The molecule has 4 nitrogen and oxygen atoms in total. The van der Waals surface area contributed by atoms with Gasteiger partial charge in [0, 0.05) is 31.4 Å². The molecule has 1 saturated carbocycles. The predicted octanol–water partition coefficient (Wildman–Crippen LogP) is 4.36. The van der Waals surface area contributed by atoms with Crippen molar-refractivity contribution in [3.63, 3.8) is 0 Å². The van der Waals surface area contributed by atoms with Crippen LogP contribution in [0.3, 0.4) is 0 Å². The summed E-state index contributed by atoms with van der Waals surface area (Å²) in [6.07, 6.45) is 2.30. The largest absolute Gasteiger partial charge is 0.378 e. The van der Waals surface area contributed by atoms with Crippen LogP contribution < -0.4 is 15.5 Å². The molecule has 0 heterocycles. The number of hydrogen-bond acceptors (Lipinski definition) is 2. The van der Waals surface area contributed by atoms with Gasteiger partial charge in [-0.15, -0.1) is 0 Å². The molecule has 1 unspecified atom stereocenters. The number of urea groups is 1. The molecule has 132 valence electrons. The van der Waals surface area contributed by atoms with Gasteiger partial charge >= 0.3 is 6.03 Å². The average molecular weight is 358 g/mol. The molecular weight excluding hydrogens is 334 g/mol. The third kappa shape index (κ3) is 4.89. The van der Waals surface area contributed by atoms with Gasteiger partial charge in [0.2, 0.25) is 0 Å². The van der Waals surface area contributed by atoms with Crippen LogP contribution in [0, 0.1) is 5.92 Å². The minimum absolute atomic E-state index is 0.0494. The lowest BCUT2D eigenvalue weighted by Gasteiger charge is -2.19. The van der Waals surface area contributed by atoms with Crippen molar-refractivity contribution in [1.29, 1.82) is 0 Å². The van der Waals surface area contributed by atoms with Gasteiger partial charge in [0.1, 0.15) is 0 Å². The van der Waals surface area contributed by atoms with Crippen LogP contribution >= 0.6 is 11.6 Å². The average Bonchev–Trinajstić information content (AvgIpc) is 3.44. The number of amides is 2. The van der Waals surface area contributed by atoms with Gasteiger partial charge in [0.05, 0.1) is 6.04 Å². The highest BCUT2D eigenvalue weighted by Crippen LogP contribution is 2.41. The fraction of sp³-hybridized carbons (Fsp3) is 0.350. The van der Waals surface area contributed by atoms with Crippen molar-refractivity contribution in [3.05, 3.63) is 64.7 Å². The van der Waals surface area contributed by atoms with Crippen molar-refractivity contribution in [2.45, 2.75) is 25.4 Å². The molecule has 2 aromatic carbocycles. The van der Waals surface area contributed by atoms with Crippen LogP contribution in [0.4, 0.5) is 10.5 Å². The smallest absolute Gasteiger partial charge is 0.315 e. The maximum atomic E-state index is 12.3. The van der Waals surface area contributed by atoms with E-state index in [1.165, 1.54) is 0 Å². The van der Waals surface area contributed by atoms with Gasteiger partial charge in [-0.1, -0.05) is 35.9 Å². The molecule has 0 spiro atoms. The summed E-state index contributed by atoms with van der Waals surface area (Å²) in [6.45, 7) is 0.511. The number of carbonyl (C=O) groups excluding carboxylic acids is 1. The molecule has 0 saturated heterocycles. The molecule has 2 N–H and O–H groups in total. The zero-order chi connectivity index (χ0) is 17.8. The maximum absolute atomic E-state index is 12.3. The van der Waals surface area contributed by atoms with E-state index in [1.807, 2.05) is 50.5 Å². The first-order valence-electron chi connectivity index (χ1n) is 8.59. The molecule has 25 heavy (non-hydrogen) atoms. The molecule has 5 heteroatoms. The summed E-state index contributed by atoms with van der Waals surface area (Å²) in [7, 11) is 4.02. The van der Waals surface area contributed by atoms with Crippen molar-refractivity contribution in [3.8, 4) is 0 Å². The van der Waals surface area contributed by atoms with Gasteiger partial charge in [-0.2, -0.15) is 0 Å². The molecule has 0 aromatic heterocycles. The van der Waals surface area contributed by atoms with Gasteiger partial charge < -0.3 is 15.5 Å². The maximum Gasteiger partial charge on any atom is 0.315 e. The minimum Gasteiger partial charge on any atom is -0.378 e. The second-order valence-electron chi connectivity index (χ2n) is 6.75. The topological polar surface area (TPSA) is 44.4 Å². The molecule has 0 bridgehead atoms. The van der Waals surface area contributed by atoms with Crippen LogP contribution in [0.2, 0.25) is 5.02 Å². The van der Waals surface area contributed by atoms with Gasteiger partial charge in [-0.25, -0.2) is 4.79 Å². The number of nitrogens with zero attached hydrogens (tertiary/aromatic N) is 1. The van der Waals surface area contributed by atoms with Crippen molar-refractivity contribution in [1.82, 2.24) is 10.6 Å². The quantitative estimate of drug-likeness (QED) is 0.806. The Balaban J connectivity index is 1.56. The van der Waals surface area contributed by atoms with Gasteiger partial charge in [-0.05, 0) is 54.2 Å². The number of rotatable bonds is 6. The summed E-state index contributed by atoms with van der Waals surface area (Å²) in [5.74, 6) is 0.520. The lowest BCUT2D eigenvalue weighted by atomic mass is 10.0. The number of halogens is 1. The molecule has 3 rings (SSSR count). The van der Waals surface area contributed by atoms with E-state index in [0.717, 1.165) is 29.7 Å². The monoisotopic (exact) mass is 357 g/mol. The summed E-state index contributed by atoms with van der Waals surface area (Å²) in [5, 5.41) is 6.78. The number of anilines is 1. The molecule has 2 aromatic rings.